The molecule has 0 radical (unpaired) electrons. The molecule has 1 aromatic heterocycles. The molecule has 3 rings (SSSR count). The smallest absolute Gasteiger partial charge is 0.160 e. The Balaban J connectivity index is 2.06. The standard InChI is InChI=1S/C14H15N5OS2/c1-17-12-10-7-8-21-14(10)19(16)13(18-12)11(15)22(20)9-5-3-2-4-6-9/h2-8H,15-16H2,1H3,(H,17,18)/b13-11+. The summed E-state index contributed by atoms with van der Waals surface area (Å²) in [6.07, 6.45) is 0. The number of amidine groups is 1. The monoisotopic (exact) mass is 333 g/mol. The van der Waals surface area contributed by atoms with Crippen LogP contribution in [0.3, 0.4) is 0 Å². The molecule has 1 atom stereocenters. The van der Waals surface area contributed by atoms with Crippen molar-refractivity contribution in [1.82, 2.24) is 5.32 Å². The predicted molar refractivity (Wildman–Crippen MR) is 90.6 cm³/mol. The van der Waals surface area contributed by atoms with E-state index >= 15 is 0 Å². The summed E-state index contributed by atoms with van der Waals surface area (Å²) in [5.74, 6) is 7.16. The summed E-state index contributed by atoms with van der Waals surface area (Å²) in [7, 11) is 0.173. The summed E-state index contributed by atoms with van der Waals surface area (Å²) in [5.41, 5.74) is 7.00. The van der Waals surface area contributed by atoms with Gasteiger partial charge in [-0.05, 0) is 23.6 Å². The van der Waals surface area contributed by atoms with Crippen LogP contribution in [0.5, 0.6) is 0 Å². The van der Waals surface area contributed by atoms with Crippen LogP contribution >= 0.6 is 11.3 Å². The van der Waals surface area contributed by atoms with Gasteiger partial charge in [-0.25, -0.2) is 10.1 Å². The first-order chi connectivity index (χ1) is 10.6. The number of rotatable bonds is 2. The van der Waals surface area contributed by atoms with E-state index < -0.39 is 10.8 Å². The van der Waals surface area contributed by atoms with Crippen LogP contribution in [-0.2, 0) is 10.8 Å². The Morgan fingerprint density at radius 2 is 2.05 bits per heavy atom. The van der Waals surface area contributed by atoms with E-state index in [0.29, 0.717) is 16.6 Å². The van der Waals surface area contributed by atoms with Crippen molar-refractivity contribution in [2.45, 2.75) is 4.90 Å². The highest BCUT2D eigenvalue weighted by Crippen LogP contribution is 2.32. The van der Waals surface area contributed by atoms with Crippen molar-refractivity contribution in [2.24, 2.45) is 16.6 Å². The predicted octanol–water partition coefficient (Wildman–Crippen LogP) is 1.30. The molecule has 0 amide bonds. The SMILES string of the molecule is CN=C1N/C(=C(/N)S(=O)c2ccccc2)N(N)c2sccc21. The van der Waals surface area contributed by atoms with Gasteiger partial charge in [-0.2, -0.15) is 0 Å². The Kier molecular flexibility index (Phi) is 3.97. The number of thiophene rings is 1. The average molecular weight is 333 g/mol. The highest BCUT2D eigenvalue weighted by Gasteiger charge is 2.28. The lowest BCUT2D eigenvalue weighted by Gasteiger charge is -2.29. The van der Waals surface area contributed by atoms with Gasteiger partial charge in [0.1, 0.15) is 26.7 Å². The van der Waals surface area contributed by atoms with Gasteiger partial charge in [0.05, 0.1) is 5.56 Å². The lowest BCUT2D eigenvalue weighted by atomic mass is 10.2. The summed E-state index contributed by atoms with van der Waals surface area (Å²) in [5, 5.41) is 7.38. The van der Waals surface area contributed by atoms with Crippen LogP contribution in [0.25, 0.3) is 0 Å². The van der Waals surface area contributed by atoms with E-state index in [-0.39, 0.29) is 5.03 Å². The molecule has 2 aromatic rings. The zero-order valence-electron chi connectivity index (χ0n) is 11.8. The van der Waals surface area contributed by atoms with Gasteiger partial charge in [0.15, 0.2) is 5.82 Å². The molecule has 1 aliphatic rings. The summed E-state index contributed by atoms with van der Waals surface area (Å²) in [6.45, 7) is 0. The second kappa shape index (κ2) is 5.91. The number of fused-ring (bicyclic) bond motifs is 1. The van der Waals surface area contributed by atoms with E-state index in [4.69, 9.17) is 11.6 Å². The molecule has 1 unspecified atom stereocenters. The Morgan fingerprint density at radius 3 is 2.73 bits per heavy atom. The van der Waals surface area contributed by atoms with E-state index in [1.54, 1.807) is 19.2 Å². The summed E-state index contributed by atoms with van der Waals surface area (Å²) in [4.78, 5) is 4.82. The number of aliphatic imine (C=N–C) groups is 1. The van der Waals surface area contributed by atoms with Crippen LogP contribution in [0.2, 0.25) is 0 Å². The minimum atomic E-state index is -1.51. The third-order valence-electron chi connectivity index (χ3n) is 3.21. The fraction of sp³-hybridized carbons (Fsp3) is 0.0714. The van der Waals surface area contributed by atoms with E-state index in [1.807, 2.05) is 29.6 Å². The van der Waals surface area contributed by atoms with Crippen LogP contribution in [0.1, 0.15) is 5.56 Å². The molecule has 6 nitrogen and oxygen atoms in total. The first-order valence-corrected chi connectivity index (χ1v) is 8.49. The van der Waals surface area contributed by atoms with Gasteiger partial charge in [-0.1, -0.05) is 18.2 Å². The molecular formula is C14H15N5OS2. The summed E-state index contributed by atoms with van der Waals surface area (Å²) in [6, 6.07) is 10.9. The Hall–Kier alpha value is -2.16. The molecule has 8 heteroatoms. The fourth-order valence-electron chi connectivity index (χ4n) is 2.12. The number of benzene rings is 1. The zero-order chi connectivity index (χ0) is 15.7. The largest absolute Gasteiger partial charge is 0.388 e. The quantitative estimate of drug-likeness (QED) is 0.720. The first kappa shape index (κ1) is 14.8. The molecule has 0 saturated heterocycles. The molecule has 0 aliphatic carbocycles. The van der Waals surface area contributed by atoms with Gasteiger partial charge < -0.3 is 11.1 Å². The average Bonchev–Trinajstić information content (AvgIpc) is 3.05. The molecule has 1 aromatic carbocycles. The molecule has 0 saturated carbocycles. The molecule has 0 fully saturated rings. The summed E-state index contributed by atoms with van der Waals surface area (Å²) < 4.78 is 12.6. The number of nitrogens with zero attached hydrogens (tertiary/aromatic N) is 2. The van der Waals surface area contributed by atoms with Gasteiger partial charge in [0.25, 0.3) is 0 Å². The van der Waals surface area contributed by atoms with Crippen LogP contribution in [0, 0.1) is 0 Å². The molecular weight excluding hydrogens is 318 g/mol. The highest BCUT2D eigenvalue weighted by atomic mass is 32.2. The highest BCUT2D eigenvalue weighted by molar-refractivity contribution is 7.89. The molecule has 114 valence electrons. The zero-order valence-corrected chi connectivity index (χ0v) is 13.4. The second-order valence-electron chi connectivity index (χ2n) is 4.50. The molecule has 5 N–H and O–H groups in total. The van der Waals surface area contributed by atoms with Gasteiger partial charge in [-0.3, -0.25) is 10.0 Å². The maximum absolute atomic E-state index is 12.6. The summed E-state index contributed by atoms with van der Waals surface area (Å²) >= 11 is 1.47. The minimum Gasteiger partial charge on any atom is -0.388 e. The number of anilines is 1. The van der Waals surface area contributed by atoms with Crippen LogP contribution in [-0.4, -0.2) is 17.1 Å². The lowest BCUT2D eigenvalue weighted by molar-refractivity contribution is 0.685. The van der Waals surface area contributed by atoms with Crippen LogP contribution in [0.4, 0.5) is 5.00 Å². The van der Waals surface area contributed by atoms with Crippen molar-refractivity contribution in [3.05, 3.63) is 58.2 Å². The van der Waals surface area contributed by atoms with Gasteiger partial charge in [-0.15, -0.1) is 11.3 Å². The molecule has 22 heavy (non-hydrogen) atoms. The van der Waals surface area contributed by atoms with Crippen molar-refractivity contribution in [1.29, 1.82) is 0 Å². The van der Waals surface area contributed by atoms with E-state index in [1.165, 1.54) is 16.3 Å². The van der Waals surface area contributed by atoms with Crippen molar-refractivity contribution in [3.63, 3.8) is 0 Å². The Labute approximate surface area is 134 Å². The van der Waals surface area contributed by atoms with Gasteiger partial charge >= 0.3 is 0 Å². The van der Waals surface area contributed by atoms with E-state index in [9.17, 15) is 4.21 Å². The third-order valence-corrected chi connectivity index (χ3v) is 5.42. The van der Waals surface area contributed by atoms with E-state index in [2.05, 4.69) is 10.3 Å². The second-order valence-corrected chi connectivity index (χ2v) is 6.84. The van der Waals surface area contributed by atoms with Crippen molar-refractivity contribution in [3.8, 4) is 0 Å². The molecule has 1 aliphatic heterocycles. The molecule has 0 spiro atoms. The number of hydrogen-bond donors (Lipinski definition) is 3. The van der Waals surface area contributed by atoms with Crippen molar-refractivity contribution in [2.75, 3.05) is 12.1 Å². The van der Waals surface area contributed by atoms with Crippen molar-refractivity contribution < 1.29 is 4.21 Å². The Morgan fingerprint density at radius 1 is 1.32 bits per heavy atom. The topological polar surface area (TPSA) is 96.7 Å². The minimum absolute atomic E-state index is 0.161. The molecule has 0 bridgehead atoms. The van der Waals surface area contributed by atoms with E-state index in [0.717, 1.165) is 10.6 Å². The normalized spacial score (nSPS) is 19.5. The third kappa shape index (κ3) is 2.41. The number of hydrazine groups is 1. The number of hydrogen-bond acceptors (Lipinski definition) is 6. The van der Waals surface area contributed by atoms with Gasteiger partial charge in [0, 0.05) is 11.9 Å². The maximum atomic E-state index is 12.6. The molecule has 2 heterocycles. The first-order valence-electron chi connectivity index (χ1n) is 6.46. The number of nitrogens with one attached hydrogen (secondary N) is 1. The lowest BCUT2D eigenvalue weighted by Crippen LogP contribution is -2.46. The van der Waals surface area contributed by atoms with Crippen LogP contribution in [0.15, 0.2) is 62.5 Å². The Bertz CT molecular complexity index is 782. The number of nitrogens with two attached hydrogens (primary N) is 2. The van der Waals surface area contributed by atoms with Gasteiger partial charge in [0.2, 0.25) is 0 Å². The van der Waals surface area contributed by atoms with Crippen molar-refractivity contribution >= 4 is 33.0 Å². The fourth-order valence-corrected chi connectivity index (χ4v) is 3.94. The maximum Gasteiger partial charge on any atom is 0.160 e. The van der Waals surface area contributed by atoms with Crippen LogP contribution < -0.4 is 21.9 Å².